The third-order valence-electron chi connectivity index (χ3n) is 2.66. The van der Waals surface area contributed by atoms with Crippen LogP contribution in [0.5, 0.6) is 5.75 Å². The quantitative estimate of drug-likeness (QED) is 0.589. The van der Waals surface area contributed by atoms with Gasteiger partial charge in [-0.2, -0.15) is 0 Å². The predicted octanol–water partition coefficient (Wildman–Crippen LogP) is 4.20. The number of hydrogen-bond acceptors (Lipinski definition) is 3. The molecule has 0 bridgehead atoms. The van der Waals surface area contributed by atoms with Gasteiger partial charge < -0.3 is 4.74 Å². The second kappa shape index (κ2) is 7.10. The van der Waals surface area contributed by atoms with Crippen LogP contribution >= 0.6 is 11.8 Å². The Hall–Kier alpha value is -1.81. The van der Waals surface area contributed by atoms with Gasteiger partial charge in [-0.15, -0.1) is 11.8 Å². The number of hydrogen-bond donors (Lipinski definition) is 0. The lowest BCUT2D eigenvalue weighted by atomic mass is 10.1. The van der Waals surface area contributed by atoms with Crippen molar-refractivity contribution in [3.8, 4) is 5.75 Å². The van der Waals surface area contributed by atoms with Gasteiger partial charge in [0.15, 0.2) is 5.78 Å². The van der Waals surface area contributed by atoms with Crippen LogP contribution in [0.3, 0.4) is 0 Å². The Morgan fingerprint density at radius 2 is 2.00 bits per heavy atom. The van der Waals surface area contributed by atoms with Crippen LogP contribution in [-0.4, -0.2) is 18.1 Å². The van der Waals surface area contributed by atoms with Crippen molar-refractivity contribution in [1.82, 2.24) is 0 Å². The van der Waals surface area contributed by atoms with Crippen LogP contribution < -0.4 is 4.74 Å². The first-order valence-corrected chi connectivity index (χ1v) is 7.32. The summed E-state index contributed by atoms with van der Waals surface area (Å²) in [6, 6.07) is 13.5. The van der Waals surface area contributed by atoms with Crippen molar-refractivity contribution in [2.24, 2.45) is 0 Å². The van der Waals surface area contributed by atoms with Gasteiger partial charge in [0.1, 0.15) is 11.6 Å². The lowest BCUT2D eigenvalue weighted by molar-refractivity contribution is 0.102. The summed E-state index contributed by atoms with van der Waals surface area (Å²) in [7, 11) is 0. The Morgan fingerprint density at radius 3 is 2.75 bits per heavy atom. The van der Waals surface area contributed by atoms with Gasteiger partial charge in [-0.25, -0.2) is 4.39 Å². The standard InChI is InChI=1S/C16H15FO2S/c1-2-19-13-7-5-6-12(10-13)15(18)11-20-16-9-4-3-8-14(16)17/h3-10H,2,11H2,1H3. The average molecular weight is 290 g/mol. The minimum Gasteiger partial charge on any atom is -0.494 e. The third-order valence-corrected chi connectivity index (χ3v) is 3.71. The molecule has 0 aromatic heterocycles. The van der Waals surface area contributed by atoms with Crippen LogP contribution in [0.15, 0.2) is 53.4 Å². The van der Waals surface area contributed by atoms with Gasteiger partial charge in [0.25, 0.3) is 0 Å². The molecule has 2 nitrogen and oxygen atoms in total. The molecule has 0 saturated heterocycles. The summed E-state index contributed by atoms with van der Waals surface area (Å²) >= 11 is 1.20. The van der Waals surface area contributed by atoms with E-state index >= 15 is 0 Å². The highest BCUT2D eigenvalue weighted by atomic mass is 32.2. The third kappa shape index (κ3) is 3.84. The molecule has 0 amide bonds. The van der Waals surface area contributed by atoms with Gasteiger partial charge in [0.05, 0.1) is 12.4 Å². The number of carbonyl (C=O) groups is 1. The molecule has 0 aliphatic carbocycles. The van der Waals surface area contributed by atoms with E-state index in [1.54, 1.807) is 36.4 Å². The molecule has 4 heteroatoms. The van der Waals surface area contributed by atoms with Crippen LogP contribution in [0, 0.1) is 5.82 Å². The van der Waals surface area contributed by atoms with E-state index in [1.807, 2.05) is 13.0 Å². The molecule has 0 radical (unpaired) electrons. The zero-order valence-corrected chi connectivity index (χ0v) is 12.0. The van der Waals surface area contributed by atoms with Crippen molar-refractivity contribution in [2.45, 2.75) is 11.8 Å². The van der Waals surface area contributed by atoms with E-state index in [-0.39, 0.29) is 17.4 Å². The maximum absolute atomic E-state index is 13.5. The van der Waals surface area contributed by atoms with Crippen LogP contribution in [0.1, 0.15) is 17.3 Å². The second-order valence-corrected chi connectivity index (χ2v) is 5.12. The summed E-state index contributed by atoms with van der Waals surface area (Å²) in [5, 5.41) is 0. The number of rotatable bonds is 6. The zero-order valence-electron chi connectivity index (χ0n) is 11.1. The van der Waals surface area contributed by atoms with E-state index in [2.05, 4.69) is 0 Å². The topological polar surface area (TPSA) is 26.3 Å². The first-order valence-electron chi connectivity index (χ1n) is 6.34. The molecule has 0 N–H and O–H groups in total. The molecule has 104 valence electrons. The highest BCUT2D eigenvalue weighted by Crippen LogP contribution is 2.23. The first-order chi connectivity index (χ1) is 9.70. The molecule has 20 heavy (non-hydrogen) atoms. The van der Waals surface area contributed by atoms with Gasteiger partial charge in [-0.1, -0.05) is 24.3 Å². The van der Waals surface area contributed by atoms with Crippen molar-refractivity contribution in [1.29, 1.82) is 0 Å². The van der Waals surface area contributed by atoms with Crippen LogP contribution in [0.25, 0.3) is 0 Å². The van der Waals surface area contributed by atoms with Crippen molar-refractivity contribution in [3.63, 3.8) is 0 Å². The van der Waals surface area contributed by atoms with E-state index in [0.717, 1.165) is 0 Å². The average Bonchev–Trinajstić information content (AvgIpc) is 2.47. The van der Waals surface area contributed by atoms with E-state index in [9.17, 15) is 9.18 Å². The molecule has 0 fully saturated rings. The molecule has 2 aromatic rings. The lowest BCUT2D eigenvalue weighted by Crippen LogP contribution is -2.03. The summed E-state index contributed by atoms with van der Waals surface area (Å²) in [4.78, 5) is 12.6. The summed E-state index contributed by atoms with van der Waals surface area (Å²) < 4.78 is 18.8. The van der Waals surface area contributed by atoms with Gasteiger partial charge in [0.2, 0.25) is 0 Å². The minimum atomic E-state index is -0.298. The summed E-state index contributed by atoms with van der Waals surface area (Å²) in [6.07, 6.45) is 0. The number of Topliss-reactive ketones (excluding diaryl/α,β-unsaturated/α-hetero) is 1. The number of ketones is 1. The van der Waals surface area contributed by atoms with Crippen molar-refractivity contribution in [3.05, 3.63) is 59.9 Å². The molecule has 0 unspecified atom stereocenters. The Kier molecular flexibility index (Phi) is 5.18. The molecule has 0 aliphatic rings. The van der Waals surface area contributed by atoms with E-state index in [1.165, 1.54) is 17.8 Å². The molecule has 0 heterocycles. The predicted molar refractivity (Wildman–Crippen MR) is 79.1 cm³/mol. The van der Waals surface area contributed by atoms with Gasteiger partial charge in [-0.3, -0.25) is 4.79 Å². The van der Waals surface area contributed by atoms with E-state index in [0.29, 0.717) is 22.8 Å². The fraction of sp³-hybridized carbons (Fsp3) is 0.188. The SMILES string of the molecule is CCOc1cccc(C(=O)CSc2ccccc2F)c1. The van der Waals surface area contributed by atoms with Crippen molar-refractivity contribution >= 4 is 17.5 Å². The Morgan fingerprint density at radius 1 is 1.20 bits per heavy atom. The second-order valence-electron chi connectivity index (χ2n) is 4.10. The van der Waals surface area contributed by atoms with E-state index < -0.39 is 0 Å². The molecule has 0 spiro atoms. The van der Waals surface area contributed by atoms with Gasteiger partial charge in [0, 0.05) is 10.5 Å². The largest absolute Gasteiger partial charge is 0.494 e. The number of benzene rings is 2. The van der Waals surface area contributed by atoms with Gasteiger partial charge in [-0.05, 0) is 31.2 Å². The monoisotopic (exact) mass is 290 g/mol. The molecule has 2 aromatic carbocycles. The Labute approximate surface area is 122 Å². The van der Waals surface area contributed by atoms with Crippen molar-refractivity contribution < 1.29 is 13.9 Å². The highest BCUT2D eigenvalue weighted by molar-refractivity contribution is 8.00. The maximum Gasteiger partial charge on any atom is 0.173 e. The summed E-state index contributed by atoms with van der Waals surface area (Å²) in [5.74, 6) is 0.540. The number of ether oxygens (including phenoxy) is 1. The molecular weight excluding hydrogens is 275 g/mol. The molecular formula is C16H15FO2S. The smallest absolute Gasteiger partial charge is 0.173 e. The molecule has 0 saturated carbocycles. The van der Waals surface area contributed by atoms with Crippen LogP contribution in [0.4, 0.5) is 4.39 Å². The minimum absolute atomic E-state index is 0.0418. The Bertz CT molecular complexity index is 599. The lowest BCUT2D eigenvalue weighted by Gasteiger charge is -2.06. The van der Waals surface area contributed by atoms with E-state index in [4.69, 9.17) is 4.74 Å². The summed E-state index contributed by atoms with van der Waals surface area (Å²) in [6.45, 7) is 2.45. The van der Waals surface area contributed by atoms with Crippen molar-refractivity contribution in [2.75, 3.05) is 12.4 Å². The zero-order chi connectivity index (χ0) is 14.4. The Balaban J connectivity index is 2.01. The fourth-order valence-corrected chi connectivity index (χ4v) is 2.55. The first kappa shape index (κ1) is 14.6. The van der Waals surface area contributed by atoms with Crippen LogP contribution in [0.2, 0.25) is 0 Å². The summed E-state index contributed by atoms with van der Waals surface area (Å²) in [5.41, 5.74) is 0.583. The number of carbonyl (C=O) groups excluding carboxylic acids is 1. The molecule has 2 rings (SSSR count). The highest BCUT2D eigenvalue weighted by Gasteiger charge is 2.09. The number of thioether (sulfide) groups is 1. The van der Waals surface area contributed by atoms with Gasteiger partial charge >= 0.3 is 0 Å². The van der Waals surface area contributed by atoms with Crippen LogP contribution in [-0.2, 0) is 0 Å². The number of halogens is 1. The molecule has 0 aliphatic heterocycles. The normalized spacial score (nSPS) is 10.3. The maximum atomic E-state index is 13.5. The fourth-order valence-electron chi connectivity index (χ4n) is 1.71. The molecule has 0 atom stereocenters.